The second kappa shape index (κ2) is 8.20. The predicted octanol–water partition coefficient (Wildman–Crippen LogP) is 1.57. The van der Waals surface area contributed by atoms with Gasteiger partial charge in [0.25, 0.3) is 0 Å². The molecule has 21 heavy (non-hydrogen) atoms. The van der Waals surface area contributed by atoms with Crippen molar-refractivity contribution in [1.29, 1.82) is 0 Å². The Labute approximate surface area is 132 Å². The van der Waals surface area contributed by atoms with Gasteiger partial charge >= 0.3 is 0 Å². The molecule has 118 valence electrons. The smallest absolute Gasteiger partial charge is 0.223 e. The van der Waals surface area contributed by atoms with Gasteiger partial charge in [0.15, 0.2) is 0 Å². The molecule has 0 aliphatic carbocycles. The van der Waals surface area contributed by atoms with Crippen LogP contribution in [0.4, 0.5) is 5.82 Å². The van der Waals surface area contributed by atoms with Crippen LogP contribution in [0.25, 0.3) is 0 Å². The third-order valence-corrected chi connectivity index (χ3v) is 3.74. The van der Waals surface area contributed by atoms with Crippen LogP contribution in [-0.4, -0.2) is 37.6 Å². The Morgan fingerprint density at radius 3 is 2.95 bits per heavy atom. The van der Waals surface area contributed by atoms with Crippen molar-refractivity contribution in [1.82, 2.24) is 15.6 Å². The Hall–Kier alpha value is -1.33. The van der Waals surface area contributed by atoms with E-state index in [2.05, 4.69) is 22.5 Å². The molecule has 1 amide bonds. The summed E-state index contributed by atoms with van der Waals surface area (Å²) in [4.78, 5) is 18.5. The second-order valence-corrected chi connectivity index (χ2v) is 5.67. The normalized spacial score (nSPS) is 21.3. The molecule has 0 aromatic carbocycles. The van der Waals surface area contributed by atoms with E-state index in [-0.39, 0.29) is 24.2 Å². The fourth-order valence-corrected chi connectivity index (χ4v) is 2.67. The lowest BCUT2D eigenvalue weighted by Gasteiger charge is -2.27. The van der Waals surface area contributed by atoms with Gasteiger partial charge < -0.3 is 15.5 Å². The van der Waals surface area contributed by atoms with Crippen molar-refractivity contribution in [3.63, 3.8) is 0 Å². The molecule has 6 heteroatoms. The molecule has 5 nitrogen and oxygen atoms in total. The molecular formula is C15H25ClN4O. The maximum Gasteiger partial charge on any atom is 0.223 e. The predicted molar refractivity (Wildman–Crippen MR) is 87.8 cm³/mol. The molecule has 1 saturated heterocycles. The van der Waals surface area contributed by atoms with Crippen LogP contribution in [0.3, 0.4) is 0 Å². The Kier molecular flexibility index (Phi) is 6.92. The Morgan fingerprint density at radius 1 is 1.52 bits per heavy atom. The minimum Gasteiger partial charge on any atom is -0.362 e. The first kappa shape index (κ1) is 17.7. The highest BCUT2D eigenvalue weighted by Gasteiger charge is 2.24. The fraction of sp³-hybridized carbons (Fsp3) is 0.600. The SMILES string of the molecule is C[C@H]1C[C@@H](C(=O)NCc2cccnc2N(C)C)CCN1.Cl. The molecule has 0 radical (unpaired) electrons. The van der Waals surface area contributed by atoms with E-state index < -0.39 is 0 Å². The van der Waals surface area contributed by atoms with E-state index in [1.165, 1.54) is 0 Å². The minimum absolute atomic E-state index is 0. The Morgan fingerprint density at radius 2 is 2.29 bits per heavy atom. The Balaban J connectivity index is 0.00000220. The van der Waals surface area contributed by atoms with Gasteiger partial charge in [0.05, 0.1) is 0 Å². The zero-order valence-corrected chi connectivity index (χ0v) is 13.7. The van der Waals surface area contributed by atoms with E-state index >= 15 is 0 Å². The first-order valence-electron chi connectivity index (χ1n) is 7.20. The summed E-state index contributed by atoms with van der Waals surface area (Å²) in [5.74, 6) is 1.20. The lowest BCUT2D eigenvalue weighted by atomic mass is 9.92. The van der Waals surface area contributed by atoms with Crippen molar-refractivity contribution in [3.05, 3.63) is 23.9 Å². The van der Waals surface area contributed by atoms with Crippen LogP contribution in [0.1, 0.15) is 25.3 Å². The fourth-order valence-electron chi connectivity index (χ4n) is 2.67. The maximum atomic E-state index is 12.2. The van der Waals surface area contributed by atoms with Gasteiger partial charge in [-0.25, -0.2) is 4.98 Å². The lowest BCUT2D eigenvalue weighted by Crippen LogP contribution is -2.42. The van der Waals surface area contributed by atoms with E-state index in [1.807, 2.05) is 31.1 Å². The first-order chi connectivity index (χ1) is 9.58. The van der Waals surface area contributed by atoms with Crippen molar-refractivity contribution in [3.8, 4) is 0 Å². The quantitative estimate of drug-likeness (QED) is 0.886. The van der Waals surface area contributed by atoms with Gasteiger partial charge in [-0.3, -0.25) is 4.79 Å². The molecule has 0 bridgehead atoms. The molecule has 1 fully saturated rings. The van der Waals surface area contributed by atoms with E-state index in [4.69, 9.17) is 0 Å². The summed E-state index contributed by atoms with van der Waals surface area (Å²) in [6.45, 7) is 3.60. The molecule has 2 heterocycles. The average molecular weight is 313 g/mol. The van der Waals surface area contributed by atoms with Crippen LogP contribution in [0.15, 0.2) is 18.3 Å². The number of pyridine rings is 1. The Bertz CT molecular complexity index is 467. The lowest BCUT2D eigenvalue weighted by molar-refractivity contribution is -0.126. The van der Waals surface area contributed by atoms with Crippen molar-refractivity contribution < 1.29 is 4.79 Å². The number of nitrogens with zero attached hydrogens (tertiary/aromatic N) is 2. The van der Waals surface area contributed by atoms with Gasteiger partial charge in [-0.05, 0) is 32.4 Å². The molecule has 2 atom stereocenters. The number of halogens is 1. The topological polar surface area (TPSA) is 57.3 Å². The third kappa shape index (κ3) is 4.86. The molecule has 0 unspecified atom stereocenters. The van der Waals surface area contributed by atoms with E-state index in [9.17, 15) is 4.79 Å². The summed E-state index contributed by atoms with van der Waals surface area (Å²) in [6, 6.07) is 4.34. The van der Waals surface area contributed by atoms with Gasteiger partial charge in [-0.2, -0.15) is 0 Å². The zero-order chi connectivity index (χ0) is 14.5. The summed E-state index contributed by atoms with van der Waals surface area (Å²) in [6.07, 6.45) is 3.61. The first-order valence-corrected chi connectivity index (χ1v) is 7.20. The molecule has 0 saturated carbocycles. The highest BCUT2D eigenvalue weighted by molar-refractivity contribution is 5.85. The van der Waals surface area contributed by atoms with Crippen LogP contribution in [0.5, 0.6) is 0 Å². The van der Waals surface area contributed by atoms with E-state index in [0.29, 0.717) is 12.6 Å². The van der Waals surface area contributed by atoms with Gasteiger partial charge in [0.2, 0.25) is 5.91 Å². The van der Waals surface area contributed by atoms with E-state index in [1.54, 1.807) is 6.20 Å². The number of hydrogen-bond donors (Lipinski definition) is 2. The van der Waals surface area contributed by atoms with Crippen molar-refractivity contribution >= 4 is 24.1 Å². The number of hydrogen-bond acceptors (Lipinski definition) is 4. The number of aromatic nitrogens is 1. The molecule has 0 spiro atoms. The van der Waals surface area contributed by atoms with Crippen LogP contribution in [0.2, 0.25) is 0 Å². The van der Waals surface area contributed by atoms with Crippen LogP contribution >= 0.6 is 12.4 Å². The number of carbonyl (C=O) groups excluding carboxylic acids is 1. The number of anilines is 1. The van der Waals surface area contributed by atoms with Crippen LogP contribution in [0, 0.1) is 5.92 Å². The van der Waals surface area contributed by atoms with Gasteiger partial charge in [0.1, 0.15) is 5.82 Å². The summed E-state index contributed by atoms with van der Waals surface area (Å²) in [5, 5.41) is 6.42. The van der Waals surface area contributed by atoms with Gasteiger partial charge in [0, 0.05) is 44.4 Å². The maximum absolute atomic E-state index is 12.2. The number of nitrogens with one attached hydrogen (secondary N) is 2. The second-order valence-electron chi connectivity index (χ2n) is 5.67. The van der Waals surface area contributed by atoms with Gasteiger partial charge in [-0.15, -0.1) is 12.4 Å². The number of amides is 1. The largest absolute Gasteiger partial charge is 0.362 e. The van der Waals surface area contributed by atoms with Crippen LogP contribution in [-0.2, 0) is 11.3 Å². The molecular weight excluding hydrogens is 288 g/mol. The molecule has 2 rings (SSSR count). The highest BCUT2D eigenvalue weighted by atomic mass is 35.5. The molecule has 1 aliphatic heterocycles. The summed E-state index contributed by atoms with van der Waals surface area (Å²) < 4.78 is 0. The third-order valence-electron chi connectivity index (χ3n) is 3.74. The highest BCUT2D eigenvalue weighted by Crippen LogP contribution is 2.17. The van der Waals surface area contributed by atoms with Crippen LogP contribution < -0.4 is 15.5 Å². The summed E-state index contributed by atoms with van der Waals surface area (Å²) in [5.41, 5.74) is 1.05. The minimum atomic E-state index is 0. The van der Waals surface area contributed by atoms with Gasteiger partial charge in [-0.1, -0.05) is 6.07 Å². The molecule has 1 aliphatic rings. The standard InChI is InChI=1S/C15H24N4O.ClH/c1-11-9-12(6-8-16-11)15(20)18-10-13-5-4-7-17-14(13)19(2)3;/h4-5,7,11-12,16H,6,8-10H2,1-3H3,(H,18,20);1H/t11-,12-;/m0./s1. The number of carbonyl (C=O) groups is 1. The summed E-state index contributed by atoms with van der Waals surface area (Å²) >= 11 is 0. The zero-order valence-electron chi connectivity index (χ0n) is 12.9. The monoisotopic (exact) mass is 312 g/mol. The number of rotatable bonds is 4. The molecule has 1 aromatic heterocycles. The van der Waals surface area contributed by atoms with Crippen molar-refractivity contribution in [2.75, 3.05) is 25.5 Å². The number of piperidine rings is 1. The molecule has 2 N–H and O–H groups in total. The van der Waals surface area contributed by atoms with Crippen molar-refractivity contribution in [2.24, 2.45) is 5.92 Å². The van der Waals surface area contributed by atoms with Crippen molar-refractivity contribution in [2.45, 2.75) is 32.4 Å². The average Bonchev–Trinajstić information content (AvgIpc) is 2.45. The van der Waals surface area contributed by atoms with E-state index in [0.717, 1.165) is 30.8 Å². The molecule has 1 aromatic rings. The summed E-state index contributed by atoms with van der Waals surface area (Å²) in [7, 11) is 3.92.